The van der Waals surface area contributed by atoms with Gasteiger partial charge in [0.05, 0.1) is 19.3 Å². The van der Waals surface area contributed by atoms with Crippen molar-refractivity contribution in [1.29, 1.82) is 0 Å². The number of aromatic amines is 2. The third-order valence-electron chi connectivity index (χ3n) is 14.6. The normalized spacial score (nSPS) is 32.8. The smallest absolute Gasteiger partial charge is 0.335 e. The van der Waals surface area contributed by atoms with E-state index in [1.54, 1.807) is 0 Å². The molecule has 384 valence electrons. The lowest BCUT2D eigenvalue weighted by Gasteiger charge is -2.51. The number of fused-ring (bicyclic) bond motifs is 3. The van der Waals surface area contributed by atoms with Crippen molar-refractivity contribution < 1.29 is 44.9 Å². The number of carbonyl (C=O) groups excluding carboxylic acids is 1. The van der Waals surface area contributed by atoms with Crippen LogP contribution in [0.2, 0.25) is 44.3 Å². The first-order chi connectivity index (χ1) is 31.6. The van der Waals surface area contributed by atoms with Crippen LogP contribution in [0.5, 0.6) is 0 Å². The van der Waals surface area contributed by atoms with Crippen LogP contribution < -0.4 is 22.5 Å². The van der Waals surface area contributed by atoms with Gasteiger partial charge in [-0.2, -0.15) is 0 Å². The number of nitrogens with zero attached hydrogens (tertiary/aromatic N) is 2. The predicted octanol–water partition coefficient (Wildman–Crippen LogP) is 7.08. The number of aldehydes is 1. The molecular weight excluding hydrogens is 992 g/mol. The second kappa shape index (κ2) is 20.2. The number of alkyl halides is 2. The summed E-state index contributed by atoms with van der Waals surface area (Å²) in [5, 5.41) is -1.05. The Labute approximate surface area is 413 Å². The van der Waals surface area contributed by atoms with Gasteiger partial charge in [-0.1, -0.05) is 122 Å². The van der Waals surface area contributed by atoms with E-state index in [1.165, 1.54) is 23.0 Å². The van der Waals surface area contributed by atoms with Crippen LogP contribution in [0, 0.1) is 0 Å². The number of H-pyrrole nitrogens is 2. The minimum absolute atomic E-state index is 0.0603. The molecule has 9 atom stereocenters. The Balaban J connectivity index is 0.000000224. The van der Waals surface area contributed by atoms with Gasteiger partial charge in [0.25, 0.3) is 11.1 Å². The number of ether oxygens (including phenoxy) is 3. The van der Waals surface area contributed by atoms with Crippen LogP contribution >= 0.6 is 23.2 Å². The van der Waals surface area contributed by atoms with Gasteiger partial charge in [-0.25, -0.2) is 9.59 Å². The number of epoxide rings is 1. The third-order valence-corrected chi connectivity index (χ3v) is 36.1. The summed E-state index contributed by atoms with van der Waals surface area (Å²) in [6.07, 6.45) is -0.284. The fourth-order valence-corrected chi connectivity index (χ4v) is 34.2. The molecule has 2 N–H and O–H groups in total. The van der Waals surface area contributed by atoms with Gasteiger partial charge in [0, 0.05) is 24.5 Å². The monoisotopic (exact) mass is 1060 g/mol. The van der Waals surface area contributed by atoms with Crippen molar-refractivity contribution in [3.8, 4) is 0 Å². The Bertz CT molecular complexity index is 2330. The number of nitrogens with one attached hydrogen (secondary N) is 2. The summed E-state index contributed by atoms with van der Waals surface area (Å²) in [6.45, 7) is 34.3. The number of hydrogen-bond donors (Lipinski definition) is 2. The Morgan fingerprint density at radius 3 is 1.46 bits per heavy atom. The molecule has 0 saturated carbocycles. The fourth-order valence-electron chi connectivity index (χ4n) is 10.8. The molecule has 24 heteroatoms. The molecule has 2 aromatic rings. The van der Waals surface area contributed by atoms with Gasteiger partial charge in [-0.15, -0.1) is 11.6 Å². The SMILES string of the molecule is CC(C)[Si]1(C(C)C)OC[C@H]2O[C@@H](n3ccc(=O)[nH]c3=O)[C@@]3(OC3Cl)C2O[Si](C(C)C)(C(C)C)O1.CC(C)[Si]1(C(C)C)OC[C@H]2O[C@@](C=O)(n3ccc(=O)[nH]c3=O)[C@@H](Cl)C2O[Si](C(C)C)(C(C)C)O1. The van der Waals surface area contributed by atoms with Crippen LogP contribution in [-0.4, -0.2) is 114 Å². The molecule has 0 amide bonds. The fraction of sp³-hybridized carbons (Fsp3) is 0.795. The Kier molecular flexibility index (Phi) is 16.5. The minimum atomic E-state index is -3.00. The predicted molar refractivity (Wildman–Crippen MR) is 266 cm³/mol. The maximum atomic E-state index is 12.7. The van der Waals surface area contributed by atoms with E-state index in [-0.39, 0.29) is 57.5 Å². The maximum Gasteiger partial charge on any atom is 0.335 e. The van der Waals surface area contributed by atoms with E-state index in [9.17, 15) is 24.0 Å². The van der Waals surface area contributed by atoms with Crippen molar-refractivity contribution in [1.82, 2.24) is 19.1 Å². The Morgan fingerprint density at radius 1 is 0.618 bits per heavy atom. The summed E-state index contributed by atoms with van der Waals surface area (Å²) >= 11 is 13.5. The summed E-state index contributed by atoms with van der Waals surface area (Å²) in [4.78, 5) is 65.5. The van der Waals surface area contributed by atoms with Crippen LogP contribution in [0.25, 0.3) is 0 Å². The van der Waals surface area contributed by atoms with Gasteiger partial charge in [0.1, 0.15) is 23.7 Å². The summed E-state index contributed by atoms with van der Waals surface area (Å²) in [5.41, 5.74) is -5.06. The highest BCUT2D eigenvalue weighted by molar-refractivity contribution is 6.84. The summed E-state index contributed by atoms with van der Waals surface area (Å²) < 4.78 is 62.8. The number of hydrogen-bond acceptors (Lipinski definition) is 14. The lowest BCUT2D eigenvalue weighted by molar-refractivity contribution is -0.148. The molecule has 7 heterocycles. The zero-order valence-corrected chi connectivity index (χ0v) is 47.8. The zero-order chi connectivity index (χ0) is 50.9. The van der Waals surface area contributed by atoms with Crippen LogP contribution in [0.4, 0.5) is 0 Å². The van der Waals surface area contributed by atoms with E-state index < -0.39 is 110 Å². The van der Waals surface area contributed by atoms with Crippen LogP contribution in [-0.2, 0) is 50.7 Å². The van der Waals surface area contributed by atoms with Crippen molar-refractivity contribution in [2.75, 3.05) is 13.2 Å². The third kappa shape index (κ3) is 9.15. The van der Waals surface area contributed by atoms with Crippen LogP contribution in [0.3, 0.4) is 0 Å². The number of rotatable bonds is 11. The number of halogens is 2. The van der Waals surface area contributed by atoms with Gasteiger partial charge in [0.2, 0.25) is 5.72 Å². The Morgan fingerprint density at radius 2 is 1.04 bits per heavy atom. The molecule has 0 aliphatic carbocycles. The molecule has 7 rings (SSSR count). The molecule has 5 aliphatic heterocycles. The molecule has 68 heavy (non-hydrogen) atoms. The Hall–Kier alpha value is -1.88. The molecular formula is C44H74Cl2N4O14Si4. The maximum absolute atomic E-state index is 12.7. The zero-order valence-electron chi connectivity index (χ0n) is 42.3. The summed E-state index contributed by atoms with van der Waals surface area (Å²) in [6, 6.07) is 2.43. The highest BCUT2D eigenvalue weighted by Gasteiger charge is 2.77. The lowest BCUT2D eigenvalue weighted by Crippen LogP contribution is -2.66. The molecule has 5 fully saturated rings. The van der Waals surface area contributed by atoms with E-state index >= 15 is 0 Å². The van der Waals surface area contributed by atoms with E-state index in [0.29, 0.717) is 6.29 Å². The van der Waals surface area contributed by atoms with Gasteiger partial charge in [0.15, 0.2) is 23.7 Å². The average molecular weight is 1070 g/mol. The molecule has 5 saturated heterocycles. The molecule has 5 aliphatic rings. The average Bonchev–Trinajstić information content (AvgIpc) is 3.71. The van der Waals surface area contributed by atoms with Gasteiger partial charge < -0.3 is 40.1 Å². The van der Waals surface area contributed by atoms with Crippen molar-refractivity contribution in [2.45, 2.75) is 208 Å². The van der Waals surface area contributed by atoms with Gasteiger partial charge in [-0.05, 0) is 44.3 Å². The van der Waals surface area contributed by atoms with E-state index in [4.69, 9.17) is 63.3 Å². The second-order valence-corrected chi connectivity index (χ2v) is 39.9. The molecule has 3 unspecified atom stereocenters. The first-order valence-corrected chi connectivity index (χ1v) is 32.8. The topological polar surface area (TPSA) is 213 Å². The standard InChI is InChI=1S/2C22H37ClN2O7Si2/c1-12(2)33(13(3)4)28-11-16-18(31-34(32-33,14(5)6)15(7)8)22(19(23)30-22)20(29-16)25-10-9-17(26)24-21(25)27;1-13(2)33(14(3)4)29-11-17-19(31-34(32-33,15(5)6)16(7)8)20(23)22(12-26,30-17)25-10-9-18(27)24-21(25)28/h9-10,12-16,18-20H,11H2,1-8H3,(H,24,26,27);9-10,12-17,19-20H,11H2,1-8H3,(H,24,27,28)/t16-,18?,19?,20-,22-;17-,19?,20+,22-/m11/s1. The van der Waals surface area contributed by atoms with E-state index in [2.05, 4.69) is 121 Å². The van der Waals surface area contributed by atoms with Crippen molar-refractivity contribution in [3.63, 3.8) is 0 Å². The molecule has 0 aromatic carbocycles. The van der Waals surface area contributed by atoms with Crippen LogP contribution in [0.15, 0.2) is 43.7 Å². The summed E-state index contributed by atoms with van der Waals surface area (Å²) in [5.74, 6) is 0. The van der Waals surface area contributed by atoms with Crippen molar-refractivity contribution in [3.05, 3.63) is 66.2 Å². The molecule has 0 bridgehead atoms. The number of carbonyl (C=O) groups is 1. The number of aromatic nitrogens is 4. The quantitative estimate of drug-likeness (QED) is 0.0997. The van der Waals surface area contributed by atoms with E-state index in [0.717, 1.165) is 10.6 Å². The van der Waals surface area contributed by atoms with E-state index in [1.807, 2.05) is 0 Å². The van der Waals surface area contributed by atoms with Gasteiger partial charge >= 0.3 is 45.6 Å². The molecule has 18 nitrogen and oxygen atoms in total. The van der Waals surface area contributed by atoms with Crippen LogP contribution in [0.1, 0.15) is 117 Å². The van der Waals surface area contributed by atoms with Crippen molar-refractivity contribution in [2.24, 2.45) is 0 Å². The minimum Gasteiger partial charge on any atom is -0.414 e. The second-order valence-electron chi connectivity index (χ2n) is 21.3. The highest BCUT2D eigenvalue weighted by atomic mass is 35.5. The molecule has 2 aromatic heterocycles. The lowest BCUT2D eigenvalue weighted by atomic mass is 10.0. The molecule has 1 spiro atoms. The highest BCUT2D eigenvalue weighted by Crippen LogP contribution is 2.60. The molecule has 0 radical (unpaired) electrons. The van der Waals surface area contributed by atoms with Gasteiger partial charge in [-0.3, -0.25) is 33.5 Å². The first kappa shape index (κ1) is 55.4. The largest absolute Gasteiger partial charge is 0.414 e. The van der Waals surface area contributed by atoms with Crippen molar-refractivity contribution >= 4 is 63.7 Å². The first-order valence-electron chi connectivity index (χ1n) is 24.0. The summed E-state index contributed by atoms with van der Waals surface area (Å²) in [7, 11) is -11.5.